The number of aromatic nitrogens is 1. The van der Waals surface area contributed by atoms with Crippen molar-refractivity contribution in [1.29, 1.82) is 0 Å². The summed E-state index contributed by atoms with van der Waals surface area (Å²) in [6.07, 6.45) is 7.89. The summed E-state index contributed by atoms with van der Waals surface area (Å²) in [7, 11) is 0. The Morgan fingerprint density at radius 3 is 2.12 bits per heavy atom. The van der Waals surface area contributed by atoms with Gasteiger partial charge in [-0.25, -0.2) is 9.59 Å². The number of benzene rings is 1. The maximum atomic E-state index is 13.3. The number of carbonyl (C=O) groups is 4. The Hall–Kier alpha value is -3.40. The number of para-hydroxylation sites is 1. The van der Waals surface area contributed by atoms with Gasteiger partial charge in [0, 0.05) is 67.5 Å². The first-order valence-corrected chi connectivity index (χ1v) is 18.2. The van der Waals surface area contributed by atoms with Crippen molar-refractivity contribution in [2.75, 3.05) is 13.1 Å². The third kappa shape index (κ3) is 15.7. The molecule has 1 aromatic carbocycles. The lowest BCUT2D eigenvalue weighted by Gasteiger charge is -2.24. The van der Waals surface area contributed by atoms with Crippen LogP contribution in [0.25, 0.3) is 10.9 Å². The summed E-state index contributed by atoms with van der Waals surface area (Å²) in [4.78, 5) is 54.8. The number of rotatable bonds is 23. The first-order valence-electron chi connectivity index (χ1n) is 18.2. The Labute approximate surface area is 288 Å². The molecule has 0 radical (unpaired) electrons. The number of fused-ring (bicyclic) bond motifs is 1. The number of amides is 4. The summed E-state index contributed by atoms with van der Waals surface area (Å²) >= 11 is 0. The van der Waals surface area contributed by atoms with Gasteiger partial charge in [0.2, 0.25) is 0 Å². The molecule has 2 aromatic rings. The van der Waals surface area contributed by atoms with Crippen LogP contribution in [0.1, 0.15) is 112 Å². The van der Waals surface area contributed by atoms with Gasteiger partial charge in [0.1, 0.15) is 11.6 Å². The number of nitrogens with two attached hydrogens (primary N) is 1. The van der Waals surface area contributed by atoms with E-state index in [1.165, 1.54) is 0 Å². The molecule has 4 amide bonds. The number of aromatic amines is 1. The number of ketones is 2. The smallest absolute Gasteiger partial charge is 0.315 e. The number of unbranched alkanes of at least 4 members (excludes halogenated alkanes) is 1. The number of carbonyl (C=O) groups excluding carboxylic acids is 4. The van der Waals surface area contributed by atoms with E-state index in [1.54, 1.807) is 0 Å². The summed E-state index contributed by atoms with van der Waals surface area (Å²) in [5.74, 6) is 1.27. The highest BCUT2D eigenvalue weighted by molar-refractivity contribution is 5.83. The molecule has 270 valence electrons. The van der Waals surface area contributed by atoms with E-state index in [1.807, 2.05) is 52.1 Å². The molecule has 0 aliphatic rings. The summed E-state index contributed by atoms with van der Waals surface area (Å²) in [5.41, 5.74) is 7.88. The van der Waals surface area contributed by atoms with Crippen LogP contribution in [0.15, 0.2) is 30.5 Å². The highest BCUT2D eigenvalue weighted by Gasteiger charge is 2.22. The maximum Gasteiger partial charge on any atom is 0.315 e. The highest BCUT2D eigenvalue weighted by atomic mass is 16.2. The summed E-state index contributed by atoms with van der Waals surface area (Å²) in [6, 6.07) is 7.26. The van der Waals surface area contributed by atoms with Gasteiger partial charge < -0.3 is 32.0 Å². The molecule has 48 heavy (non-hydrogen) atoms. The van der Waals surface area contributed by atoms with Crippen LogP contribution in [0, 0.1) is 23.7 Å². The molecule has 1 heterocycles. The molecule has 0 aliphatic heterocycles. The lowest BCUT2D eigenvalue weighted by atomic mass is 9.90. The van der Waals surface area contributed by atoms with Crippen LogP contribution >= 0.6 is 0 Å². The molecule has 7 N–H and O–H groups in total. The number of Topliss-reactive ketones (excluding diaryl/α,β-unsaturated/α-hetero) is 2. The largest absolute Gasteiger partial charge is 0.361 e. The van der Waals surface area contributed by atoms with E-state index < -0.39 is 0 Å². The van der Waals surface area contributed by atoms with Crippen molar-refractivity contribution in [1.82, 2.24) is 26.3 Å². The van der Waals surface area contributed by atoms with Gasteiger partial charge in [-0.2, -0.15) is 0 Å². The molecule has 0 fully saturated rings. The van der Waals surface area contributed by atoms with E-state index in [9.17, 15) is 19.2 Å². The summed E-state index contributed by atoms with van der Waals surface area (Å²) in [6.45, 7) is 15.2. The topological polar surface area (TPSA) is 158 Å². The van der Waals surface area contributed by atoms with E-state index >= 15 is 0 Å². The van der Waals surface area contributed by atoms with E-state index in [0.717, 1.165) is 35.7 Å². The number of hydrogen-bond donors (Lipinski definition) is 6. The minimum atomic E-state index is -0.292. The number of urea groups is 2. The van der Waals surface area contributed by atoms with Crippen LogP contribution < -0.4 is 27.0 Å². The second kappa shape index (κ2) is 21.5. The van der Waals surface area contributed by atoms with Gasteiger partial charge in [-0.1, -0.05) is 59.2 Å². The molecule has 0 spiro atoms. The van der Waals surface area contributed by atoms with Crippen LogP contribution in [-0.4, -0.2) is 59.8 Å². The van der Waals surface area contributed by atoms with Gasteiger partial charge in [-0.05, 0) is 87.8 Å². The Morgan fingerprint density at radius 2 is 1.46 bits per heavy atom. The molecule has 0 unspecified atom stereocenters. The van der Waals surface area contributed by atoms with E-state index in [0.29, 0.717) is 69.9 Å². The number of H-pyrrole nitrogens is 1. The fraction of sp³-hybridized carbons (Fsp3) is 0.684. The Kier molecular flexibility index (Phi) is 18.3. The van der Waals surface area contributed by atoms with Crippen molar-refractivity contribution in [3.05, 3.63) is 36.0 Å². The fourth-order valence-corrected chi connectivity index (χ4v) is 5.94. The molecule has 10 heteroatoms. The van der Waals surface area contributed by atoms with Crippen LogP contribution in [0.3, 0.4) is 0 Å². The molecule has 0 bridgehead atoms. The lowest BCUT2D eigenvalue weighted by Crippen LogP contribution is -2.46. The molecule has 0 saturated carbocycles. The zero-order valence-corrected chi connectivity index (χ0v) is 30.6. The Balaban J connectivity index is 2.02. The van der Waals surface area contributed by atoms with Gasteiger partial charge in [0.25, 0.3) is 0 Å². The molecule has 10 nitrogen and oxygen atoms in total. The van der Waals surface area contributed by atoms with Gasteiger partial charge in [0.15, 0.2) is 0 Å². The quantitative estimate of drug-likeness (QED) is 0.0733. The predicted molar refractivity (Wildman–Crippen MR) is 196 cm³/mol. The fourth-order valence-electron chi connectivity index (χ4n) is 5.94. The number of hydrogen-bond acceptors (Lipinski definition) is 5. The lowest BCUT2D eigenvalue weighted by molar-refractivity contribution is -0.121. The summed E-state index contributed by atoms with van der Waals surface area (Å²) < 4.78 is 0. The monoisotopic (exact) mass is 668 g/mol. The molecule has 1 aromatic heterocycles. The number of nitrogens with one attached hydrogen (secondary N) is 5. The normalized spacial score (nSPS) is 14.1. The van der Waals surface area contributed by atoms with Gasteiger partial charge in [0.05, 0.1) is 0 Å². The molecular weight excluding hydrogens is 604 g/mol. The van der Waals surface area contributed by atoms with Crippen molar-refractivity contribution in [2.45, 2.75) is 131 Å². The van der Waals surface area contributed by atoms with Crippen molar-refractivity contribution < 1.29 is 19.2 Å². The van der Waals surface area contributed by atoms with Crippen molar-refractivity contribution in [2.24, 2.45) is 29.4 Å². The first-order chi connectivity index (χ1) is 22.8. The molecular formula is C38H64N6O4. The summed E-state index contributed by atoms with van der Waals surface area (Å²) in [5, 5.41) is 13.1. The van der Waals surface area contributed by atoms with Gasteiger partial charge in [-0.3, -0.25) is 9.59 Å². The standard InChI is InChI=1S/C38H64N6O4/c1-25(2)28(7)20-32(45)16-15-31(22-30-24-40-36-14-9-8-13-34(30)36)43-37(47)41-23-29(12-10-11-19-39)21-33(46)17-18-35(26(3)4)44-38(48)42-27(5)6/h8-9,13-14,24-29,31,35,40H,10-12,15-23,39H2,1-7H3,(H2,41,43,47)(H2,42,44,48)/t28-,29+,31+,35+/m0/s1. The van der Waals surface area contributed by atoms with Gasteiger partial charge >= 0.3 is 12.1 Å². The van der Waals surface area contributed by atoms with E-state index in [2.05, 4.69) is 53.1 Å². The van der Waals surface area contributed by atoms with E-state index in [4.69, 9.17) is 5.73 Å². The zero-order valence-electron chi connectivity index (χ0n) is 30.6. The third-order valence-electron chi connectivity index (χ3n) is 9.35. The Bertz CT molecular complexity index is 1270. The van der Waals surface area contributed by atoms with Crippen LogP contribution in [0.2, 0.25) is 0 Å². The average molecular weight is 669 g/mol. The van der Waals surface area contributed by atoms with Crippen molar-refractivity contribution >= 4 is 34.5 Å². The highest BCUT2D eigenvalue weighted by Crippen LogP contribution is 2.22. The SMILES string of the molecule is CC(C)NC(=O)N[C@H](CCC(=O)C[C@@H](CCCCN)CNC(=O)N[C@H](CCC(=O)C[C@H](C)C(C)C)Cc1c[nH]c2ccccc12)C(C)C. The van der Waals surface area contributed by atoms with Crippen LogP contribution in [0.5, 0.6) is 0 Å². The zero-order chi connectivity index (χ0) is 35.6. The Morgan fingerprint density at radius 1 is 0.771 bits per heavy atom. The molecule has 2 rings (SSSR count). The van der Waals surface area contributed by atoms with Crippen molar-refractivity contribution in [3.8, 4) is 0 Å². The van der Waals surface area contributed by atoms with E-state index in [-0.39, 0.29) is 53.6 Å². The second-order valence-corrected chi connectivity index (χ2v) is 14.7. The molecule has 0 saturated heterocycles. The second-order valence-electron chi connectivity index (χ2n) is 14.7. The molecule has 4 atom stereocenters. The minimum Gasteiger partial charge on any atom is -0.361 e. The van der Waals surface area contributed by atoms with Gasteiger partial charge in [-0.15, -0.1) is 0 Å². The minimum absolute atomic E-state index is 0.0179. The predicted octanol–water partition coefficient (Wildman–Crippen LogP) is 6.63. The maximum absolute atomic E-state index is 13.3. The van der Waals surface area contributed by atoms with Crippen LogP contribution in [-0.2, 0) is 16.0 Å². The van der Waals surface area contributed by atoms with Crippen molar-refractivity contribution in [3.63, 3.8) is 0 Å². The third-order valence-corrected chi connectivity index (χ3v) is 9.35. The first kappa shape index (κ1) is 40.8. The average Bonchev–Trinajstić information content (AvgIpc) is 3.42. The molecule has 0 aliphatic carbocycles. The van der Waals surface area contributed by atoms with Crippen LogP contribution in [0.4, 0.5) is 9.59 Å².